The van der Waals surface area contributed by atoms with E-state index in [0.717, 1.165) is 22.3 Å². The van der Waals surface area contributed by atoms with Crippen molar-refractivity contribution in [2.45, 2.75) is 6.54 Å². The fraction of sp³-hybridized carbons (Fsp3) is 0.0476. The van der Waals surface area contributed by atoms with Gasteiger partial charge in [0.2, 0.25) is 0 Å². The highest BCUT2D eigenvalue weighted by Gasteiger charge is 2.06. The lowest BCUT2D eigenvalue weighted by Gasteiger charge is -2.09. The maximum Gasteiger partial charge on any atom is 0.263 e. The normalized spacial score (nSPS) is 11.3. The van der Waals surface area contributed by atoms with Crippen LogP contribution in [0.5, 0.6) is 0 Å². The summed E-state index contributed by atoms with van der Waals surface area (Å²) in [6, 6.07) is 15.7. The molecule has 0 aliphatic rings. The number of pyridine rings is 2. The van der Waals surface area contributed by atoms with Gasteiger partial charge in [-0.15, -0.1) is 0 Å². The monoisotopic (exact) mass is 353 g/mol. The van der Waals surface area contributed by atoms with Gasteiger partial charge in [-0.05, 0) is 47.0 Å². The second-order valence-corrected chi connectivity index (χ2v) is 6.36. The number of nitrogens with zero attached hydrogens (tertiary/aromatic N) is 5. The van der Waals surface area contributed by atoms with Crippen molar-refractivity contribution in [2.75, 3.05) is 0 Å². The van der Waals surface area contributed by atoms with Crippen LogP contribution in [-0.2, 0) is 6.54 Å². The third-order valence-corrected chi connectivity index (χ3v) is 4.60. The van der Waals surface area contributed by atoms with Crippen LogP contribution in [0.1, 0.15) is 5.56 Å². The molecule has 0 saturated carbocycles. The molecule has 5 rings (SSSR count). The summed E-state index contributed by atoms with van der Waals surface area (Å²) in [7, 11) is 0. The summed E-state index contributed by atoms with van der Waals surface area (Å²) in [5.74, 6) is 0. The van der Waals surface area contributed by atoms with Crippen molar-refractivity contribution in [1.29, 1.82) is 0 Å². The van der Waals surface area contributed by atoms with E-state index in [0.29, 0.717) is 17.6 Å². The predicted octanol–water partition coefficient (Wildman–Crippen LogP) is 3.15. The van der Waals surface area contributed by atoms with Crippen LogP contribution >= 0.6 is 0 Å². The van der Waals surface area contributed by atoms with Crippen molar-refractivity contribution >= 4 is 16.7 Å². The molecule has 0 N–H and O–H groups in total. The maximum absolute atomic E-state index is 12.7. The molecule has 1 aromatic carbocycles. The van der Waals surface area contributed by atoms with E-state index in [-0.39, 0.29) is 5.56 Å². The zero-order valence-corrected chi connectivity index (χ0v) is 14.4. The highest BCUT2D eigenvalue weighted by atomic mass is 16.1. The Morgan fingerprint density at radius 3 is 2.81 bits per heavy atom. The Kier molecular flexibility index (Phi) is 3.53. The quantitative estimate of drug-likeness (QED) is 0.500. The number of benzene rings is 1. The van der Waals surface area contributed by atoms with Crippen LogP contribution in [0.25, 0.3) is 27.8 Å². The molecule has 0 spiro atoms. The van der Waals surface area contributed by atoms with Crippen LogP contribution in [0.3, 0.4) is 0 Å². The zero-order chi connectivity index (χ0) is 18.2. The van der Waals surface area contributed by atoms with Crippen molar-refractivity contribution in [2.24, 2.45) is 0 Å². The van der Waals surface area contributed by atoms with Gasteiger partial charge < -0.3 is 4.40 Å². The third-order valence-electron chi connectivity index (χ3n) is 4.60. The lowest BCUT2D eigenvalue weighted by Crippen LogP contribution is -2.21. The van der Waals surface area contributed by atoms with Crippen molar-refractivity contribution < 1.29 is 0 Å². The van der Waals surface area contributed by atoms with Crippen LogP contribution in [0.2, 0.25) is 0 Å². The first-order valence-electron chi connectivity index (χ1n) is 8.60. The van der Waals surface area contributed by atoms with E-state index in [1.54, 1.807) is 35.4 Å². The number of hydrogen-bond donors (Lipinski definition) is 0. The fourth-order valence-corrected chi connectivity index (χ4v) is 3.25. The van der Waals surface area contributed by atoms with E-state index in [1.165, 1.54) is 0 Å². The molecular weight excluding hydrogens is 338 g/mol. The molecule has 0 aliphatic heterocycles. The summed E-state index contributed by atoms with van der Waals surface area (Å²) in [6.07, 6.45) is 8.96. The van der Waals surface area contributed by atoms with Crippen LogP contribution in [0.4, 0.5) is 0 Å². The standard InChI is InChI=1S/C21H15N5O/c27-21-18-5-2-8-23-20(18)24-14-26(21)12-15-3-1-4-16(11-15)17-6-7-19-22-9-10-25(19)13-17/h1-11,13-14H,12H2. The van der Waals surface area contributed by atoms with Gasteiger partial charge in [0.1, 0.15) is 12.0 Å². The van der Waals surface area contributed by atoms with Crippen molar-refractivity contribution in [1.82, 2.24) is 23.9 Å². The second kappa shape index (κ2) is 6.17. The molecular formula is C21H15N5O. The minimum Gasteiger partial charge on any atom is -0.306 e. The van der Waals surface area contributed by atoms with Gasteiger partial charge in [0.05, 0.1) is 11.9 Å². The molecule has 6 nitrogen and oxygen atoms in total. The predicted molar refractivity (Wildman–Crippen MR) is 104 cm³/mol. The van der Waals surface area contributed by atoms with Gasteiger partial charge in [0, 0.05) is 24.8 Å². The van der Waals surface area contributed by atoms with Gasteiger partial charge >= 0.3 is 0 Å². The molecule has 130 valence electrons. The van der Waals surface area contributed by atoms with E-state index in [2.05, 4.69) is 39.3 Å². The van der Waals surface area contributed by atoms with Gasteiger partial charge in [-0.2, -0.15) is 0 Å². The maximum atomic E-state index is 12.7. The summed E-state index contributed by atoms with van der Waals surface area (Å²) >= 11 is 0. The minimum atomic E-state index is -0.0849. The second-order valence-electron chi connectivity index (χ2n) is 6.36. The van der Waals surface area contributed by atoms with Gasteiger partial charge in [-0.3, -0.25) is 9.36 Å². The lowest BCUT2D eigenvalue weighted by molar-refractivity contribution is 0.747. The molecule has 27 heavy (non-hydrogen) atoms. The Bertz CT molecular complexity index is 1340. The summed E-state index contributed by atoms with van der Waals surface area (Å²) in [5.41, 5.74) is 4.52. The van der Waals surface area contributed by atoms with Crippen molar-refractivity contribution in [3.63, 3.8) is 0 Å². The molecule has 0 atom stereocenters. The largest absolute Gasteiger partial charge is 0.306 e. The van der Waals surface area contributed by atoms with Crippen LogP contribution in [-0.4, -0.2) is 23.9 Å². The van der Waals surface area contributed by atoms with Crippen LogP contribution in [0.15, 0.2) is 84.4 Å². The lowest BCUT2D eigenvalue weighted by atomic mass is 10.0. The van der Waals surface area contributed by atoms with E-state index < -0.39 is 0 Å². The number of fused-ring (bicyclic) bond motifs is 2. The number of hydrogen-bond acceptors (Lipinski definition) is 4. The third kappa shape index (κ3) is 2.77. The molecule has 0 fully saturated rings. The van der Waals surface area contributed by atoms with Gasteiger partial charge in [-0.25, -0.2) is 15.0 Å². The molecule has 0 aliphatic carbocycles. The molecule has 6 heteroatoms. The van der Waals surface area contributed by atoms with Crippen LogP contribution < -0.4 is 5.56 Å². The average Bonchev–Trinajstić information content (AvgIpc) is 3.18. The zero-order valence-electron chi connectivity index (χ0n) is 14.4. The van der Waals surface area contributed by atoms with Crippen molar-refractivity contribution in [3.05, 3.63) is 95.6 Å². The summed E-state index contributed by atoms with van der Waals surface area (Å²) in [5, 5.41) is 0.529. The van der Waals surface area contributed by atoms with E-state index >= 15 is 0 Å². The molecule has 4 aromatic heterocycles. The molecule has 0 bridgehead atoms. The average molecular weight is 353 g/mol. The van der Waals surface area contributed by atoms with E-state index in [9.17, 15) is 4.79 Å². The molecule has 0 radical (unpaired) electrons. The molecule has 5 aromatic rings. The Morgan fingerprint density at radius 2 is 1.85 bits per heavy atom. The molecule has 0 unspecified atom stereocenters. The molecule has 4 heterocycles. The number of rotatable bonds is 3. The fourth-order valence-electron chi connectivity index (χ4n) is 3.25. The highest BCUT2D eigenvalue weighted by Crippen LogP contribution is 2.21. The summed E-state index contributed by atoms with van der Waals surface area (Å²) in [6.45, 7) is 0.456. The Morgan fingerprint density at radius 1 is 0.889 bits per heavy atom. The Balaban J connectivity index is 1.52. The first kappa shape index (κ1) is 15.5. The highest BCUT2D eigenvalue weighted by molar-refractivity contribution is 5.72. The Labute approximate surface area is 154 Å². The van der Waals surface area contributed by atoms with Gasteiger partial charge in [0.15, 0.2) is 5.65 Å². The van der Waals surface area contributed by atoms with Gasteiger partial charge in [-0.1, -0.05) is 18.2 Å². The number of aromatic nitrogens is 5. The Hall–Kier alpha value is -3.80. The summed E-state index contributed by atoms with van der Waals surface area (Å²) in [4.78, 5) is 25.4. The number of imidazole rings is 1. The molecule has 0 amide bonds. The van der Waals surface area contributed by atoms with E-state index in [1.807, 2.05) is 28.8 Å². The van der Waals surface area contributed by atoms with Crippen LogP contribution in [0, 0.1) is 0 Å². The first-order chi connectivity index (χ1) is 13.3. The van der Waals surface area contributed by atoms with Crippen molar-refractivity contribution in [3.8, 4) is 11.1 Å². The smallest absolute Gasteiger partial charge is 0.263 e. The SMILES string of the molecule is O=c1c2cccnc2ncn1Cc1cccc(-c2ccc3nccn3c2)c1. The van der Waals surface area contributed by atoms with E-state index in [4.69, 9.17) is 0 Å². The topological polar surface area (TPSA) is 65.1 Å². The molecule has 0 saturated heterocycles. The minimum absolute atomic E-state index is 0.0849. The summed E-state index contributed by atoms with van der Waals surface area (Å²) < 4.78 is 3.61. The first-order valence-corrected chi connectivity index (χ1v) is 8.60. The van der Waals surface area contributed by atoms with Gasteiger partial charge in [0.25, 0.3) is 5.56 Å².